The topological polar surface area (TPSA) is 32.8 Å². The molecule has 1 aliphatic heterocycles. The molecule has 1 aliphatic rings. The summed E-state index contributed by atoms with van der Waals surface area (Å²) in [6.07, 6.45) is 0. The van der Waals surface area contributed by atoms with Gasteiger partial charge in [-0.2, -0.15) is 8.78 Å². The number of rotatable bonds is 4. The maximum Gasteiger partial charge on any atom is 0.387 e. The van der Waals surface area contributed by atoms with E-state index in [1.165, 1.54) is 11.1 Å². The van der Waals surface area contributed by atoms with E-state index in [0.29, 0.717) is 13.1 Å². The summed E-state index contributed by atoms with van der Waals surface area (Å²) in [5, 5.41) is 4.80. The van der Waals surface area contributed by atoms with Gasteiger partial charge in [0.05, 0.1) is 5.00 Å². The van der Waals surface area contributed by atoms with E-state index in [1.54, 1.807) is 21.6 Å². The minimum atomic E-state index is -2.92. The minimum absolute atomic E-state index is 0.0364. The largest absolute Gasteiger partial charge is 0.433 e. The fourth-order valence-corrected chi connectivity index (χ4v) is 3.94. The Morgan fingerprint density at radius 1 is 1.14 bits per heavy atom. The number of piperazine rings is 1. The second-order valence-electron chi connectivity index (χ2n) is 4.72. The smallest absolute Gasteiger partial charge is 0.387 e. The van der Waals surface area contributed by atoms with Crippen LogP contribution < -0.4 is 9.64 Å². The van der Waals surface area contributed by atoms with Crippen molar-refractivity contribution >= 4 is 33.6 Å². The molecule has 0 radical (unpaired) electrons. The first-order valence-corrected chi connectivity index (χ1v) is 8.51. The van der Waals surface area contributed by atoms with Gasteiger partial charge in [-0.15, -0.1) is 22.7 Å². The maximum absolute atomic E-state index is 12.5. The number of carbonyl (C=O) groups is 1. The van der Waals surface area contributed by atoms with Gasteiger partial charge in [-0.3, -0.25) is 4.79 Å². The van der Waals surface area contributed by atoms with E-state index >= 15 is 0 Å². The summed E-state index contributed by atoms with van der Waals surface area (Å²) < 4.78 is 29.1. The van der Waals surface area contributed by atoms with E-state index < -0.39 is 6.61 Å². The standard InChI is InChI=1S/C14H14F2N2O2S2/c15-14(16)20-10-3-9-22-12(10)13(19)18-6-4-17(5-7-18)11-2-1-8-21-11/h1-3,8-9,14H,4-7H2. The van der Waals surface area contributed by atoms with Crippen LogP contribution in [0.2, 0.25) is 0 Å². The van der Waals surface area contributed by atoms with Gasteiger partial charge < -0.3 is 14.5 Å². The highest BCUT2D eigenvalue weighted by molar-refractivity contribution is 7.14. The van der Waals surface area contributed by atoms with Gasteiger partial charge in [-0.1, -0.05) is 0 Å². The average molecular weight is 344 g/mol. The average Bonchev–Trinajstić information content (AvgIpc) is 3.17. The SMILES string of the molecule is O=C(c1sccc1OC(F)F)N1CCN(c2cccs2)CC1. The number of anilines is 1. The van der Waals surface area contributed by atoms with E-state index in [1.807, 2.05) is 11.4 Å². The Kier molecular flexibility index (Phi) is 4.58. The van der Waals surface area contributed by atoms with E-state index in [0.717, 1.165) is 24.4 Å². The Bertz CT molecular complexity index is 623. The molecule has 2 aromatic rings. The molecule has 2 aromatic heterocycles. The second-order valence-corrected chi connectivity index (χ2v) is 6.57. The van der Waals surface area contributed by atoms with Crippen LogP contribution in [0, 0.1) is 0 Å². The van der Waals surface area contributed by atoms with Crippen molar-refractivity contribution in [2.45, 2.75) is 6.61 Å². The molecule has 0 unspecified atom stereocenters. The molecule has 0 aliphatic carbocycles. The fourth-order valence-electron chi connectivity index (χ4n) is 2.37. The van der Waals surface area contributed by atoms with Crippen LogP contribution in [0.1, 0.15) is 9.67 Å². The molecule has 3 heterocycles. The van der Waals surface area contributed by atoms with Gasteiger partial charge in [0.2, 0.25) is 0 Å². The molecule has 118 valence electrons. The fraction of sp³-hybridized carbons (Fsp3) is 0.357. The van der Waals surface area contributed by atoms with Crippen LogP contribution in [-0.4, -0.2) is 43.6 Å². The maximum atomic E-state index is 12.5. The third-order valence-electron chi connectivity index (χ3n) is 3.42. The number of hydrogen-bond donors (Lipinski definition) is 0. The number of nitrogens with zero attached hydrogens (tertiary/aromatic N) is 2. The predicted molar refractivity (Wildman–Crippen MR) is 83.4 cm³/mol. The zero-order valence-corrected chi connectivity index (χ0v) is 13.2. The van der Waals surface area contributed by atoms with Crippen molar-refractivity contribution < 1.29 is 18.3 Å². The first-order valence-electron chi connectivity index (χ1n) is 6.75. The zero-order valence-electron chi connectivity index (χ0n) is 11.6. The van der Waals surface area contributed by atoms with Gasteiger partial charge in [-0.25, -0.2) is 0 Å². The molecule has 0 N–H and O–H groups in total. The Morgan fingerprint density at radius 2 is 1.91 bits per heavy atom. The number of carbonyl (C=O) groups excluding carboxylic acids is 1. The molecule has 1 amide bonds. The van der Waals surface area contributed by atoms with Crippen molar-refractivity contribution in [3.05, 3.63) is 33.8 Å². The monoisotopic (exact) mass is 344 g/mol. The number of ether oxygens (including phenoxy) is 1. The van der Waals surface area contributed by atoms with Crippen LogP contribution in [0.25, 0.3) is 0 Å². The first kappa shape index (κ1) is 15.2. The van der Waals surface area contributed by atoms with E-state index in [-0.39, 0.29) is 16.5 Å². The third-order valence-corrected chi connectivity index (χ3v) is 5.24. The summed E-state index contributed by atoms with van der Waals surface area (Å²) in [4.78, 5) is 16.6. The molecule has 0 saturated carbocycles. The first-order chi connectivity index (χ1) is 10.6. The normalized spacial score (nSPS) is 15.4. The lowest BCUT2D eigenvalue weighted by Crippen LogP contribution is -2.48. The summed E-state index contributed by atoms with van der Waals surface area (Å²) in [6, 6.07) is 5.46. The lowest BCUT2D eigenvalue weighted by molar-refractivity contribution is -0.0499. The lowest BCUT2D eigenvalue weighted by atomic mass is 10.3. The molecule has 1 saturated heterocycles. The quantitative estimate of drug-likeness (QED) is 0.852. The molecule has 3 rings (SSSR count). The Morgan fingerprint density at radius 3 is 2.55 bits per heavy atom. The van der Waals surface area contributed by atoms with Gasteiger partial charge >= 0.3 is 6.61 Å². The lowest BCUT2D eigenvalue weighted by Gasteiger charge is -2.35. The number of amides is 1. The van der Waals surface area contributed by atoms with E-state index in [9.17, 15) is 13.6 Å². The molecular weight excluding hydrogens is 330 g/mol. The van der Waals surface area contributed by atoms with Crippen LogP contribution in [0.5, 0.6) is 5.75 Å². The molecule has 4 nitrogen and oxygen atoms in total. The van der Waals surface area contributed by atoms with Crippen LogP contribution >= 0.6 is 22.7 Å². The second kappa shape index (κ2) is 6.62. The van der Waals surface area contributed by atoms with Crippen LogP contribution in [0.3, 0.4) is 0 Å². The highest BCUT2D eigenvalue weighted by atomic mass is 32.1. The summed E-state index contributed by atoms with van der Waals surface area (Å²) in [7, 11) is 0. The summed E-state index contributed by atoms with van der Waals surface area (Å²) >= 11 is 2.80. The molecule has 22 heavy (non-hydrogen) atoms. The van der Waals surface area contributed by atoms with Gasteiger partial charge in [-0.05, 0) is 29.0 Å². The van der Waals surface area contributed by atoms with E-state index in [2.05, 4.69) is 15.7 Å². The Labute approximate surface area is 134 Å². The molecule has 0 spiro atoms. The summed E-state index contributed by atoms with van der Waals surface area (Å²) in [5.41, 5.74) is 0. The summed E-state index contributed by atoms with van der Waals surface area (Å²) in [5.74, 6) is -0.276. The number of hydrogen-bond acceptors (Lipinski definition) is 5. The van der Waals surface area contributed by atoms with Gasteiger partial charge in [0, 0.05) is 26.2 Å². The highest BCUT2D eigenvalue weighted by Crippen LogP contribution is 2.29. The van der Waals surface area contributed by atoms with Crippen LogP contribution in [-0.2, 0) is 0 Å². The summed E-state index contributed by atoms with van der Waals surface area (Å²) in [6.45, 7) is -0.298. The van der Waals surface area contributed by atoms with Crippen molar-refractivity contribution in [2.24, 2.45) is 0 Å². The predicted octanol–water partition coefficient (Wildman–Crippen LogP) is 3.37. The van der Waals surface area contributed by atoms with Crippen molar-refractivity contribution in [3.63, 3.8) is 0 Å². The number of alkyl halides is 2. The van der Waals surface area contributed by atoms with Gasteiger partial charge in [0.1, 0.15) is 10.6 Å². The van der Waals surface area contributed by atoms with Crippen LogP contribution in [0.15, 0.2) is 29.0 Å². The molecule has 0 atom stereocenters. The van der Waals surface area contributed by atoms with Crippen molar-refractivity contribution in [2.75, 3.05) is 31.1 Å². The van der Waals surface area contributed by atoms with Crippen molar-refractivity contribution in [1.82, 2.24) is 4.90 Å². The number of halogens is 2. The molecule has 8 heteroatoms. The molecule has 1 fully saturated rings. The highest BCUT2D eigenvalue weighted by Gasteiger charge is 2.26. The number of thiophene rings is 2. The molecule has 0 bridgehead atoms. The molecular formula is C14H14F2N2O2S2. The van der Waals surface area contributed by atoms with Gasteiger partial charge in [0.15, 0.2) is 0 Å². The van der Waals surface area contributed by atoms with Gasteiger partial charge in [0.25, 0.3) is 5.91 Å². The van der Waals surface area contributed by atoms with E-state index in [4.69, 9.17) is 0 Å². The minimum Gasteiger partial charge on any atom is -0.433 e. The third kappa shape index (κ3) is 3.22. The molecule has 0 aromatic carbocycles. The van der Waals surface area contributed by atoms with Crippen molar-refractivity contribution in [3.8, 4) is 5.75 Å². The van der Waals surface area contributed by atoms with Crippen LogP contribution in [0.4, 0.5) is 13.8 Å². The van der Waals surface area contributed by atoms with Crippen molar-refractivity contribution in [1.29, 1.82) is 0 Å². The Balaban J connectivity index is 1.64. The Hall–Kier alpha value is -1.67. The zero-order chi connectivity index (χ0) is 15.5.